The third-order valence-corrected chi connectivity index (χ3v) is 5.98. The Balaban J connectivity index is 1.90. The first-order valence-corrected chi connectivity index (χ1v) is 9.40. The molecule has 4 nitrogen and oxygen atoms in total. The number of H-pyrrole nitrogens is 1. The van der Waals surface area contributed by atoms with E-state index in [-0.39, 0.29) is 9.79 Å². The van der Waals surface area contributed by atoms with Gasteiger partial charge in [-0.05, 0) is 43.3 Å². The summed E-state index contributed by atoms with van der Waals surface area (Å²) in [5, 5.41) is 0. The van der Waals surface area contributed by atoms with E-state index in [1.807, 2.05) is 37.3 Å². The molecular formula is C20H16N2O2S. The second-order valence-corrected chi connectivity index (χ2v) is 7.83. The van der Waals surface area contributed by atoms with E-state index in [1.54, 1.807) is 42.5 Å². The van der Waals surface area contributed by atoms with E-state index in [2.05, 4.69) is 9.97 Å². The Morgan fingerprint density at radius 2 is 1.52 bits per heavy atom. The standard InChI is InChI=1S/C20H16N2O2S/c1-14-10-12-15(13-11-14)25(23,24)19-9-5-2-6-16(19)20-21-17-7-3-4-8-18(17)22-20/h2-13H,1H3,(H,21,22). The van der Waals surface area contributed by atoms with Crippen molar-refractivity contribution in [2.24, 2.45) is 0 Å². The molecular weight excluding hydrogens is 332 g/mol. The van der Waals surface area contributed by atoms with Crippen LogP contribution in [0.2, 0.25) is 0 Å². The van der Waals surface area contributed by atoms with E-state index < -0.39 is 9.84 Å². The van der Waals surface area contributed by atoms with Gasteiger partial charge in [-0.3, -0.25) is 0 Å². The molecule has 0 amide bonds. The summed E-state index contributed by atoms with van der Waals surface area (Å²) in [4.78, 5) is 8.28. The van der Waals surface area contributed by atoms with Crippen molar-refractivity contribution >= 4 is 20.9 Å². The van der Waals surface area contributed by atoms with Gasteiger partial charge in [0, 0.05) is 5.56 Å². The molecule has 1 heterocycles. The Bertz CT molecular complexity index is 1130. The minimum absolute atomic E-state index is 0.248. The topological polar surface area (TPSA) is 62.8 Å². The second-order valence-electron chi connectivity index (χ2n) is 5.92. The minimum atomic E-state index is -3.63. The average molecular weight is 348 g/mol. The number of sulfone groups is 1. The second kappa shape index (κ2) is 5.86. The first kappa shape index (κ1) is 15.6. The molecule has 3 aromatic carbocycles. The average Bonchev–Trinajstić information content (AvgIpc) is 3.06. The van der Waals surface area contributed by atoms with Crippen LogP contribution in [0.15, 0.2) is 82.6 Å². The molecule has 0 saturated heterocycles. The van der Waals surface area contributed by atoms with Gasteiger partial charge in [-0.15, -0.1) is 0 Å². The van der Waals surface area contributed by atoms with Crippen molar-refractivity contribution in [3.63, 3.8) is 0 Å². The van der Waals surface area contributed by atoms with E-state index in [0.29, 0.717) is 11.4 Å². The normalized spacial score (nSPS) is 11.7. The van der Waals surface area contributed by atoms with Crippen LogP contribution in [-0.4, -0.2) is 18.4 Å². The zero-order chi connectivity index (χ0) is 17.4. The van der Waals surface area contributed by atoms with Crippen molar-refractivity contribution in [2.75, 3.05) is 0 Å². The van der Waals surface area contributed by atoms with E-state index in [1.165, 1.54) is 0 Å². The Hall–Kier alpha value is -2.92. The van der Waals surface area contributed by atoms with E-state index in [9.17, 15) is 8.42 Å². The summed E-state index contributed by atoms with van der Waals surface area (Å²) in [5.74, 6) is 0.549. The van der Waals surface area contributed by atoms with Crippen LogP contribution in [-0.2, 0) is 9.84 Å². The highest BCUT2D eigenvalue weighted by Crippen LogP contribution is 2.31. The lowest BCUT2D eigenvalue weighted by Gasteiger charge is -2.09. The van der Waals surface area contributed by atoms with Crippen LogP contribution in [0.4, 0.5) is 0 Å². The van der Waals surface area contributed by atoms with Crippen molar-refractivity contribution in [1.29, 1.82) is 0 Å². The summed E-state index contributed by atoms with van der Waals surface area (Å²) in [6.07, 6.45) is 0. The van der Waals surface area contributed by atoms with E-state index >= 15 is 0 Å². The molecule has 0 unspecified atom stereocenters. The van der Waals surface area contributed by atoms with Crippen LogP contribution >= 0.6 is 0 Å². The van der Waals surface area contributed by atoms with E-state index in [0.717, 1.165) is 16.6 Å². The number of rotatable bonds is 3. The summed E-state index contributed by atoms with van der Waals surface area (Å²) >= 11 is 0. The molecule has 0 atom stereocenters. The molecule has 0 aliphatic carbocycles. The SMILES string of the molecule is Cc1ccc(S(=O)(=O)c2ccccc2-c2nc3ccccc3[nH]2)cc1. The number of para-hydroxylation sites is 2. The fraction of sp³-hybridized carbons (Fsp3) is 0.0500. The van der Waals surface area contributed by atoms with Crippen molar-refractivity contribution in [3.05, 3.63) is 78.4 Å². The predicted octanol–water partition coefficient (Wildman–Crippen LogP) is 4.37. The van der Waals surface area contributed by atoms with Crippen LogP contribution < -0.4 is 0 Å². The van der Waals surface area contributed by atoms with Crippen LogP contribution in [0.25, 0.3) is 22.4 Å². The molecule has 0 spiro atoms. The summed E-state index contributed by atoms with van der Waals surface area (Å²) in [7, 11) is -3.63. The van der Waals surface area contributed by atoms with Gasteiger partial charge in [-0.25, -0.2) is 13.4 Å². The van der Waals surface area contributed by atoms with Crippen molar-refractivity contribution in [3.8, 4) is 11.4 Å². The van der Waals surface area contributed by atoms with Gasteiger partial charge in [0.25, 0.3) is 0 Å². The summed E-state index contributed by atoms with van der Waals surface area (Å²) in [6, 6.07) is 21.5. The van der Waals surface area contributed by atoms with Crippen molar-refractivity contribution < 1.29 is 8.42 Å². The van der Waals surface area contributed by atoms with Gasteiger partial charge in [0.1, 0.15) is 5.82 Å². The van der Waals surface area contributed by atoms with Gasteiger partial charge in [-0.1, -0.05) is 42.0 Å². The number of aryl methyl sites for hydroxylation is 1. The van der Waals surface area contributed by atoms with Gasteiger partial charge < -0.3 is 4.98 Å². The Morgan fingerprint density at radius 3 is 2.28 bits per heavy atom. The number of imidazole rings is 1. The summed E-state index contributed by atoms with van der Waals surface area (Å²) < 4.78 is 26.2. The number of aromatic nitrogens is 2. The lowest BCUT2D eigenvalue weighted by molar-refractivity contribution is 0.596. The third-order valence-electron chi connectivity index (χ3n) is 4.15. The highest BCUT2D eigenvalue weighted by atomic mass is 32.2. The number of fused-ring (bicyclic) bond motifs is 1. The molecule has 4 rings (SSSR count). The zero-order valence-electron chi connectivity index (χ0n) is 13.6. The molecule has 0 bridgehead atoms. The maximum absolute atomic E-state index is 13.1. The molecule has 0 aliphatic rings. The molecule has 124 valence electrons. The number of nitrogens with zero attached hydrogens (tertiary/aromatic N) is 1. The van der Waals surface area contributed by atoms with Gasteiger partial charge in [0.2, 0.25) is 9.84 Å². The highest BCUT2D eigenvalue weighted by Gasteiger charge is 2.23. The predicted molar refractivity (Wildman–Crippen MR) is 98.2 cm³/mol. The summed E-state index contributed by atoms with van der Waals surface area (Å²) in [6.45, 7) is 1.93. The summed E-state index contributed by atoms with van der Waals surface area (Å²) in [5.41, 5.74) is 3.27. The fourth-order valence-corrected chi connectivity index (χ4v) is 4.28. The minimum Gasteiger partial charge on any atom is -0.338 e. The number of hydrogen-bond donors (Lipinski definition) is 1. The smallest absolute Gasteiger partial charge is 0.207 e. The molecule has 0 fully saturated rings. The van der Waals surface area contributed by atoms with Gasteiger partial charge in [-0.2, -0.15) is 0 Å². The highest BCUT2D eigenvalue weighted by molar-refractivity contribution is 7.91. The zero-order valence-corrected chi connectivity index (χ0v) is 14.4. The largest absolute Gasteiger partial charge is 0.338 e. The Morgan fingerprint density at radius 1 is 0.840 bits per heavy atom. The molecule has 4 aromatic rings. The maximum atomic E-state index is 13.1. The van der Waals surface area contributed by atoms with Gasteiger partial charge >= 0.3 is 0 Å². The van der Waals surface area contributed by atoms with Crippen LogP contribution in [0.3, 0.4) is 0 Å². The van der Waals surface area contributed by atoms with Crippen LogP contribution in [0.5, 0.6) is 0 Å². The fourth-order valence-electron chi connectivity index (χ4n) is 2.82. The van der Waals surface area contributed by atoms with Crippen LogP contribution in [0, 0.1) is 6.92 Å². The Labute approximate surface area is 146 Å². The number of benzene rings is 3. The van der Waals surface area contributed by atoms with Crippen molar-refractivity contribution in [2.45, 2.75) is 16.7 Å². The third kappa shape index (κ3) is 2.72. The van der Waals surface area contributed by atoms with Gasteiger partial charge in [0.15, 0.2) is 0 Å². The molecule has 0 radical (unpaired) electrons. The molecule has 0 saturated carbocycles. The number of hydrogen-bond acceptors (Lipinski definition) is 3. The quantitative estimate of drug-likeness (QED) is 0.598. The lowest BCUT2D eigenvalue weighted by Crippen LogP contribution is -2.04. The first-order valence-electron chi connectivity index (χ1n) is 7.91. The van der Waals surface area contributed by atoms with Crippen LogP contribution in [0.1, 0.15) is 5.56 Å². The molecule has 0 aliphatic heterocycles. The van der Waals surface area contributed by atoms with Gasteiger partial charge in [0.05, 0.1) is 20.8 Å². The van der Waals surface area contributed by atoms with E-state index in [4.69, 9.17) is 0 Å². The maximum Gasteiger partial charge on any atom is 0.207 e. The monoisotopic (exact) mass is 348 g/mol. The Kier molecular flexibility index (Phi) is 3.66. The number of aromatic amines is 1. The number of nitrogens with one attached hydrogen (secondary N) is 1. The van der Waals surface area contributed by atoms with Crippen molar-refractivity contribution in [1.82, 2.24) is 9.97 Å². The first-order chi connectivity index (χ1) is 12.1. The molecule has 1 aromatic heterocycles. The lowest BCUT2D eigenvalue weighted by atomic mass is 10.2. The molecule has 25 heavy (non-hydrogen) atoms. The molecule has 1 N–H and O–H groups in total. The molecule has 5 heteroatoms.